The molecule has 0 saturated heterocycles. The smallest absolute Gasteiger partial charge is 0.238 e. The minimum Gasteiger partial charge on any atom is -0.309 e. The zero-order valence-corrected chi connectivity index (χ0v) is 28.0. The van der Waals surface area contributed by atoms with Gasteiger partial charge in [-0.05, 0) is 48.5 Å². The molecule has 4 heterocycles. The summed E-state index contributed by atoms with van der Waals surface area (Å²) in [7, 11) is 0. The van der Waals surface area contributed by atoms with Crippen molar-refractivity contribution in [3.8, 4) is 34.4 Å². The number of hydrogen-bond acceptors (Lipinski definition) is 4. The Bertz CT molecular complexity index is 3060. The van der Waals surface area contributed by atoms with E-state index in [0.717, 1.165) is 27.8 Å². The average Bonchev–Trinajstić information content (AvgIpc) is 3.83. The molecule has 238 valence electrons. The van der Waals surface area contributed by atoms with Crippen molar-refractivity contribution in [2.45, 2.75) is 0 Å². The van der Waals surface area contributed by atoms with Gasteiger partial charge in [-0.15, -0.1) is 11.3 Å². The van der Waals surface area contributed by atoms with E-state index in [9.17, 15) is 0 Å². The highest BCUT2D eigenvalue weighted by molar-refractivity contribution is 7.26. The van der Waals surface area contributed by atoms with Crippen LogP contribution in [-0.2, 0) is 0 Å². The molecule has 0 aliphatic heterocycles. The van der Waals surface area contributed by atoms with Crippen molar-refractivity contribution in [1.29, 1.82) is 0 Å². The van der Waals surface area contributed by atoms with Gasteiger partial charge in [-0.1, -0.05) is 115 Å². The molecule has 0 amide bonds. The second-order valence-corrected chi connectivity index (χ2v) is 14.0. The summed E-state index contributed by atoms with van der Waals surface area (Å²) >= 11 is 1.86. The van der Waals surface area contributed by atoms with Crippen LogP contribution in [0.5, 0.6) is 0 Å². The van der Waals surface area contributed by atoms with Crippen LogP contribution in [0.25, 0.3) is 98.2 Å². The number of aromatic nitrogens is 5. The molecule has 0 unspecified atom stereocenters. The van der Waals surface area contributed by atoms with E-state index in [0.29, 0.717) is 17.6 Å². The highest BCUT2D eigenvalue weighted by Crippen LogP contribution is 2.43. The summed E-state index contributed by atoms with van der Waals surface area (Å²) in [6.45, 7) is 0. The van der Waals surface area contributed by atoms with Crippen molar-refractivity contribution >= 4 is 75.1 Å². The van der Waals surface area contributed by atoms with Gasteiger partial charge in [0.05, 0.1) is 22.1 Å². The van der Waals surface area contributed by atoms with Crippen LogP contribution >= 0.6 is 11.3 Å². The predicted octanol–water partition coefficient (Wildman–Crippen LogP) is 11.8. The molecular weight excluding hydrogens is 643 g/mol. The summed E-state index contributed by atoms with van der Waals surface area (Å²) in [6.07, 6.45) is 0. The summed E-state index contributed by atoms with van der Waals surface area (Å²) in [5.41, 5.74) is 7.59. The SMILES string of the molecule is c1ccc(-c2nc(-c3ccccc3)nc(-n3c4ccccc4c4cc5sc6cc7c8ccccc8n(-c8ccccc8)c7cc6c5cc43)n2)cc1. The van der Waals surface area contributed by atoms with Crippen molar-refractivity contribution in [2.24, 2.45) is 0 Å². The van der Waals surface area contributed by atoms with E-state index in [2.05, 4.69) is 137 Å². The van der Waals surface area contributed by atoms with Crippen LogP contribution in [0, 0.1) is 0 Å². The van der Waals surface area contributed by atoms with Gasteiger partial charge in [-0.25, -0.2) is 4.98 Å². The zero-order valence-electron chi connectivity index (χ0n) is 27.2. The monoisotopic (exact) mass is 669 g/mol. The fourth-order valence-corrected chi connectivity index (χ4v) is 8.82. The van der Waals surface area contributed by atoms with Gasteiger partial charge in [0.15, 0.2) is 11.6 Å². The first-order valence-electron chi connectivity index (χ1n) is 17.0. The second-order valence-electron chi connectivity index (χ2n) is 12.9. The molecule has 0 bridgehead atoms. The van der Waals surface area contributed by atoms with Gasteiger partial charge in [0, 0.05) is 58.5 Å². The Kier molecular flexibility index (Phi) is 6.05. The van der Waals surface area contributed by atoms with Crippen LogP contribution in [0.4, 0.5) is 0 Å². The third kappa shape index (κ3) is 4.30. The summed E-state index contributed by atoms with van der Waals surface area (Å²) < 4.78 is 7.14. The fraction of sp³-hybridized carbons (Fsp3) is 0. The second kappa shape index (κ2) is 10.9. The van der Waals surface area contributed by atoms with Crippen LogP contribution in [0.3, 0.4) is 0 Å². The van der Waals surface area contributed by atoms with Gasteiger partial charge in [0.1, 0.15) is 0 Å². The summed E-state index contributed by atoms with van der Waals surface area (Å²) in [6, 6.07) is 57.8. The van der Waals surface area contributed by atoms with Crippen molar-refractivity contribution in [1.82, 2.24) is 24.1 Å². The average molecular weight is 670 g/mol. The summed E-state index contributed by atoms with van der Waals surface area (Å²) in [5, 5.41) is 7.33. The van der Waals surface area contributed by atoms with Crippen molar-refractivity contribution in [3.63, 3.8) is 0 Å². The van der Waals surface area contributed by atoms with Crippen molar-refractivity contribution < 1.29 is 0 Å². The molecule has 0 saturated carbocycles. The predicted molar refractivity (Wildman–Crippen MR) is 212 cm³/mol. The van der Waals surface area contributed by atoms with E-state index in [1.54, 1.807) is 0 Å². The molecule has 0 aliphatic carbocycles. The molecule has 11 aromatic rings. The normalized spacial score (nSPS) is 11.9. The number of fused-ring (bicyclic) bond motifs is 9. The molecule has 0 atom stereocenters. The van der Waals surface area contributed by atoms with E-state index in [-0.39, 0.29) is 0 Å². The lowest BCUT2D eigenvalue weighted by Crippen LogP contribution is -2.06. The van der Waals surface area contributed by atoms with Crippen molar-refractivity contribution in [3.05, 3.63) is 164 Å². The van der Waals surface area contributed by atoms with E-state index < -0.39 is 0 Å². The lowest BCUT2D eigenvalue weighted by Gasteiger charge is -2.11. The number of para-hydroxylation sites is 3. The maximum atomic E-state index is 5.15. The molecule has 4 aromatic heterocycles. The van der Waals surface area contributed by atoms with Crippen LogP contribution in [-0.4, -0.2) is 24.1 Å². The Labute approximate surface area is 296 Å². The lowest BCUT2D eigenvalue weighted by atomic mass is 10.1. The Morgan fingerprint density at radius 1 is 0.353 bits per heavy atom. The molecule has 6 heteroatoms. The van der Waals surface area contributed by atoms with Crippen molar-refractivity contribution in [2.75, 3.05) is 0 Å². The van der Waals surface area contributed by atoms with Gasteiger partial charge in [0.2, 0.25) is 5.95 Å². The summed E-state index contributed by atoms with van der Waals surface area (Å²) in [4.78, 5) is 15.3. The minimum atomic E-state index is 0.597. The van der Waals surface area contributed by atoms with Gasteiger partial charge in [-0.2, -0.15) is 9.97 Å². The first kappa shape index (κ1) is 28.2. The third-order valence-corrected chi connectivity index (χ3v) is 11.1. The highest BCUT2D eigenvalue weighted by atomic mass is 32.1. The van der Waals surface area contributed by atoms with Crippen LogP contribution < -0.4 is 0 Å². The zero-order chi connectivity index (χ0) is 33.5. The number of benzene rings is 7. The van der Waals surface area contributed by atoms with Crippen LogP contribution in [0.2, 0.25) is 0 Å². The molecule has 51 heavy (non-hydrogen) atoms. The van der Waals surface area contributed by atoms with Gasteiger partial charge < -0.3 is 4.57 Å². The molecule has 0 spiro atoms. The van der Waals surface area contributed by atoms with Crippen LogP contribution in [0.15, 0.2) is 164 Å². The van der Waals surface area contributed by atoms with Gasteiger partial charge >= 0.3 is 0 Å². The van der Waals surface area contributed by atoms with Gasteiger partial charge in [-0.3, -0.25) is 4.57 Å². The first-order valence-corrected chi connectivity index (χ1v) is 17.9. The van der Waals surface area contributed by atoms with Crippen LogP contribution in [0.1, 0.15) is 0 Å². The molecule has 0 N–H and O–H groups in total. The number of nitrogens with zero attached hydrogens (tertiary/aromatic N) is 5. The largest absolute Gasteiger partial charge is 0.309 e. The molecule has 0 fully saturated rings. The Hall–Kier alpha value is -6.63. The Morgan fingerprint density at radius 2 is 0.804 bits per heavy atom. The lowest BCUT2D eigenvalue weighted by molar-refractivity contribution is 0.954. The standard InChI is InChI=1S/C45H27N5S/c1-4-14-28(15-5-1)43-46-44(29-16-6-2-7-17-29)48-45(47-43)50-38-23-13-11-21-32(38)34-27-42-36(25-40(34)50)35-24-39-33(26-41(35)51-42)31-20-10-12-22-37(31)49(39)30-18-8-3-9-19-30/h1-27H. The maximum Gasteiger partial charge on any atom is 0.238 e. The number of hydrogen-bond donors (Lipinski definition) is 0. The van der Waals surface area contributed by atoms with Gasteiger partial charge in [0.25, 0.3) is 0 Å². The molecular formula is C45H27N5S. The molecule has 0 aliphatic rings. The molecule has 0 radical (unpaired) electrons. The molecule has 11 rings (SSSR count). The minimum absolute atomic E-state index is 0.597. The van der Waals surface area contributed by atoms with E-state index in [4.69, 9.17) is 15.0 Å². The number of rotatable bonds is 4. The maximum absolute atomic E-state index is 5.15. The molecule has 7 aromatic carbocycles. The summed E-state index contributed by atoms with van der Waals surface area (Å²) in [5.74, 6) is 1.88. The third-order valence-electron chi connectivity index (χ3n) is 9.96. The van der Waals surface area contributed by atoms with E-state index in [1.807, 2.05) is 47.7 Å². The Morgan fingerprint density at radius 3 is 1.35 bits per heavy atom. The fourth-order valence-electron chi connectivity index (χ4n) is 7.67. The van der Waals surface area contributed by atoms with E-state index in [1.165, 1.54) is 52.8 Å². The number of thiophene rings is 1. The Balaban J connectivity index is 1.22. The highest BCUT2D eigenvalue weighted by Gasteiger charge is 2.21. The van der Waals surface area contributed by atoms with E-state index >= 15 is 0 Å². The first-order chi connectivity index (χ1) is 25.3. The molecule has 5 nitrogen and oxygen atoms in total. The topological polar surface area (TPSA) is 48.5 Å². The quantitative estimate of drug-likeness (QED) is 0.187.